The second-order valence-electron chi connectivity index (χ2n) is 9.75. The number of aryl methyl sites for hydroxylation is 1. The fraction of sp³-hybridized carbons (Fsp3) is 0.333. The van der Waals surface area contributed by atoms with Crippen LogP contribution in [0.5, 0.6) is 17.2 Å². The third-order valence-corrected chi connectivity index (χ3v) is 6.55. The van der Waals surface area contributed by atoms with E-state index in [9.17, 15) is 14.4 Å². The standard InChI is InChI=1S/C27H33N5O6S/c1-14-8-10-16(11-9-14)32(26(35)23-19(28)20(24(29)33)31-39-23)21(25(34)30-27(2,3)4)15-12-17(36-5)22(38-7)18(13-15)37-6/h8-13,21H,28H2,1-7H3,(H2,29,33)(H,30,34). The number of amides is 3. The number of hydrogen-bond acceptors (Lipinski definition) is 9. The van der Waals surface area contributed by atoms with Crippen LogP contribution in [0.25, 0.3) is 0 Å². The Morgan fingerprint density at radius 1 is 1.00 bits per heavy atom. The number of nitrogens with one attached hydrogen (secondary N) is 1. The number of hydrogen-bond donors (Lipinski definition) is 3. The molecule has 11 nitrogen and oxygen atoms in total. The number of anilines is 2. The summed E-state index contributed by atoms with van der Waals surface area (Å²) in [6.07, 6.45) is 0. The van der Waals surface area contributed by atoms with E-state index in [2.05, 4.69) is 9.69 Å². The number of rotatable bonds is 9. The third kappa shape index (κ3) is 6.23. The highest BCUT2D eigenvalue weighted by Crippen LogP contribution is 2.42. The zero-order valence-electron chi connectivity index (χ0n) is 22.9. The van der Waals surface area contributed by atoms with Crippen LogP contribution < -0.4 is 35.9 Å². The predicted octanol–water partition coefficient (Wildman–Crippen LogP) is 3.46. The highest BCUT2D eigenvalue weighted by Gasteiger charge is 2.38. The lowest BCUT2D eigenvalue weighted by Crippen LogP contribution is -2.49. The second kappa shape index (κ2) is 11.6. The van der Waals surface area contributed by atoms with E-state index < -0.39 is 29.3 Å². The zero-order valence-corrected chi connectivity index (χ0v) is 23.8. The van der Waals surface area contributed by atoms with E-state index >= 15 is 0 Å². The molecule has 0 saturated carbocycles. The molecule has 2 aromatic carbocycles. The molecule has 3 aromatic rings. The number of ether oxygens (including phenoxy) is 3. The molecule has 1 unspecified atom stereocenters. The quantitative estimate of drug-likeness (QED) is 0.362. The van der Waals surface area contributed by atoms with Gasteiger partial charge in [-0.05, 0) is 69.1 Å². The van der Waals surface area contributed by atoms with Crippen molar-refractivity contribution in [3.8, 4) is 17.2 Å². The first-order chi connectivity index (χ1) is 18.3. The summed E-state index contributed by atoms with van der Waals surface area (Å²) >= 11 is 0.729. The van der Waals surface area contributed by atoms with Crippen LogP contribution in [0.15, 0.2) is 36.4 Å². The Morgan fingerprint density at radius 2 is 1.56 bits per heavy atom. The normalized spacial score (nSPS) is 11.9. The molecule has 3 amide bonds. The number of primary amides is 1. The van der Waals surface area contributed by atoms with Crippen molar-refractivity contribution < 1.29 is 28.6 Å². The molecule has 0 spiro atoms. The minimum Gasteiger partial charge on any atom is -0.493 e. The maximum Gasteiger partial charge on any atom is 0.273 e. The number of nitrogens with two attached hydrogens (primary N) is 2. The van der Waals surface area contributed by atoms with Crippen LogP contribution in [0, 0.1) is 6.92 Å². The van der Waals surface area contributed by atoms with E-state index in [1.165, 1.54) is 26.2 Å². The highest BCUT2D eigenvalue weighted by atomic mass is 32.1. The Hall–Kier alpha value is -4.32. The number of nitrogens with zero attached hydrogens (tertiary/aromatic N) is 2. The van der Waals surface area contributed by atoms with Crippen LogP contribution in [-0.2, 0) is 4.79 Å². The number of carbonyl (C=O) groups excluding carboxylic acids is 3. The van der Waals surface area contributed by atoms with Crippen molar-refractivity contribution in [1.82, 2.24) is 9.69 Å². The number of aromatic nitrogens is 1. The van der Waals surface area contributed by atoms with Gasteiger partial charge in [0.25, 0.3) is 11.8 Å². The molecule has 0 radical (unpaired) electrons. The molecule has 5 N–H and O–H groups in total. The van der Waals surface area contributed by atoms with Crippen molar-refractivity contribution in [2.45, 2.75) is 39.3 Å². The summed E-state index contributed by atoms with van der Waals surface area (Å²) in [5, 5.41) is 2.96. The van der Waals surface area contributed by atoms with Crippen LogP contribution in [0.2, 0.25) is 0 Å². The Kier molecular flexibility index (Phi) is 8.70. The average molecular weight is 556 g/mol. The molecule has 0 aliphatic heterocycles. The van der Waals surface area contributed by atoms with Gasteiger partial charge in [0.2, 0.25) is 11.7 Å². The summed E-state index contributed by atoms with van der Waals surface area (Å²) in [6.45, 7) is 7.39. The van der Waals surface area contributed by atoms with Gasteiger partial charge in [0.05, 0.1) is 27.0 Å². The van der Waals surface area contributed by atoms with Crippen molar-refractivity contribution in [1.29, 1.82) is 0 Å². The molecular formula is C27H33N5O6S. The Labute approximate surface area is 231 Å². The lowest BCUT2D eigenvalue weighted by molar-refractivity contribution is -0.123. The van der Waals surface area contributed by atoms with Gasteiger partial charge in [-0.15, -0.1) is 0 Å². The molecular weight excluding hydrogens is 522 g/mol. The third-order valence-electron chi connectivity index (χ3n) is 5.69. The largest absolute Gasteiger partial charge is 0.493 e. The topological polar surface area (TPSA) is 159 Å². The first-order valence-electron chi connectivity index (χ1n) is 11.9. The van der Waals surface area contributed by atoms with E-state index in [0.717, 1.165) is 17.1 Å². The molecule has 1 atom stereocenters. The van der Waals surface area contributed by atoms with Gasteiger partial charge in [-0.25, -0.2) is 0 Å². The molecule has 0 aliphatic rings. The minimum atomic E-state index is -1.23. The van der Waals surface area contributed by atoms with Gasteiger partial charge >= 0.3 is 0 Å². The van der Waals surface area contributed by atoms with Crippen LogP contribution in [0.4, 0.5) is 11.4 Å². The summed E-state index contributed by atoms with van der Waals surface area (Å²) in [7, 11) is 4.38. The van der Waals surface area contributed by atoms with Gasteiger partial charge in [0.1, 0.15) is 10.9 Å². The molecule has 0 bridgehead atoms. The summed E-state index contributed by atoms with van der Waals surface area (Å²) in [6, 6.07) is 9.04. The van der Waals surface area contributed by atoms with Gasteiger partial charge in [-0.2, -0.15) is 4.37 Å². The van der Waals surface area contributed by atoms with E-state index in [1.807, 2.05) is 39.8 Å². The lowest BCUT2D eigenvalue weighted by atomic mass is 9.99. The molecule has 0 aliphatic carbocycles. The maximum absolute atomic E-state index is 14.2. The van der Waals surface area contributed by atoms with Crippen molar-refractivity contribution in [2.75, 3.05) is 32.0 Å². The molecule has 3 rings (SSSR count). The second-order valence-corrected chi connectivity index (χ2v) is 10.5. The van der Waals surface area contributed by atoms with E-state index in [1.54, 1.807) is 24.3 Å². The Morgan fingerprint density at radius 3 is 2.00 bits per heavy atom. The Bertz CT molecular complexity index is 1360. The summed E-state index contributed by atoms with van der Waals surface area (Å²) in [5.74, 6) is -1.08. The van der Waals surface area contributed by atoms with Crippen molar-refractivity contribution in [3.05, 3.63) is 58.1 Å². The number of methoxy groups -OCH3 is 3. The highest BCUT2D eigenvalue weighted by molar-refractivity contribution is 7.09. The predicted molar refractivity (Wildman–Crippen MR) is 150 cm³/mol. The number of nitrogen functional groups attached to an aromatic ring is 1. The summed E-state index contributed by atoms with van der Waals surface area (Å²) < 4.78 is 20.5. The smallest absolute Gasteiger partial charge is 0.273 e. The lowest BCUT2D eigenvalue weighted by Gasteiger charge is -2.34. The van der Waals surface area contributed by atoms with E-state index in [0.29, 0.717) is 28.5 Å². The summed E-state index contributed by atoms with van der Waals surface area (Å²) in [4.78, 5) is 41.3. The van der Waals surface area contributed by atoms with Gasteiger partial charge in [0.15, 0.2) is 17.2 Å². The average Bonchev–Trinajstić information content (AvgIpc) is 3.27. The van der Waals surface area contributed by atoms with E-state index in [4.69, 9.17) is 25.7 Å². The van der Waals surface area contributed by atoms with Crippen LogP contribution in [0.1, 0.15) is 58.1 Å². The first-order valence-corrected chi connectivity index (χ1v) is 12.7. The zero-order chi connectivity index (χ0) is 29.1. The molecule has 0 fully saturated rings. The Balaban J connectivity index is 2.34. The van der Waals surface area contributed by atoms with Gasteiger partial charge < -0.3 is 31.0 Å². The molecule has 12 heteroatoms. The van der Waals surface area contributed by atoms with Gasteiger partial charge in [-0.3, -0.25) is 19.3 Å². The van der Waals surface area contributed by atoms with Crippen LogP contribution in [-0.4, -0.2) is 49.0 Å². The van der Waals surface area contributed by atoms with Gasteiger partial charge in [0, 0.05) is 11.2 Å². The molecule has 208 valence electrons. The fourth-order valence-corrected chi connectivity index (χ4v) is 4.68. The van der Waals surface area contributed by atoms with Crippen molar-refractivity contribution in [3.63, 3.8) is 0 Å². The van der Waals surface area contributed by atoms with Crippen LogP contribution in [0.3, 0.4) is 0 Å². The monoisotopic (exact) mass is 555 g/mol. The number of carbonyl (C=O) groups is 3. The molecule has 1 aromatic heterocycles. The van der Waals surface area contributed by atoms with Gasteiger partial charge in [-0.1, -0.05) is 17.7 Å². The summed E-state index contributed by atoms with van der Waals surface area (Å²) in [5.41, 5.74) is 12.2. The van der Waals surface area contributed by atoms with Crippen LogP contribution >= 0.6 is 11.5 Å². The molecule has 39 heavy (non-hydrogen) atoms. The molecule has 1 heterocycles. The fourth-order valence-electron chi connectivity index (χ4n) is 3.94. The minimum absolute atomic E-state index is 0.0367. The number of benzene rings is 2. The van der Waals surface area contributed by atoms with Crippen molar-refractivity contribution in [2.24, 2.45) is 5.73 Å². The van der Waals surface area contributed by atoms with Crippen molar-refractivity contribution >= 4 is 40.6 Å². The first kappa shape index (κ1) is 29.2. The SMILES string of the molecule is COc1cc(C(C(=O)NC(C)(C)C)N(C(=O)c2snc(C(N)=O)c2N)c2ccc(C)cc2)cc(OC)c1OC. The van der Waals surface area contributed by atoms with E-state index in [-0.39, 0.29) is 16.3 Å². The molecule has 0 saturated heterocycles. The maximum atomic E-state index is 14.2.